The zero-order chi connectivity index (χ0) is 18.0. The number of anilines is 1. The summed E-state index contributed by atoms with van der Waals surface area (Å²) in [5.41, 5.74) is 1.35. The van der Waals surface area contributed by atoms with Gasteiger partial charge in [0, 0.05) is 26.3 Å². The Bertz CT molecular complexity index is 860. The maximum atomic E-state index is 12.8. The van der Waals surface area contributed by atoms with Crippen molar-refractivity contribution in [3.63, 3.8) is 0 Å². The number of amides is 3. The summed E-state index contributed by atoms with van der Waals surface area (Å²) in [6.07, 6.45) is 1.65. The number of urea groups is 1. The van der Waals surface area contributed by atoms with Crippen molar-refractivity contribution in [2.45, 2.75) is 13.0 Å². The van der Waals surface area contributed by atoms with Crippen LogP contribution in [0.5, 0.6) is 0 Å². The van der Waals surface area contributed by atoms with E-state index in [0.29, 0.717) is 18.7 Å². The van der Waals surface area contributed by atoms with Gasteiger partial charge in [-0.2, -0.15) is 0 Å². The van der Waals surface area contributed by atoms with Crippen molar-refractivity contribution in [1.29, 1.82) is 0 Å². The Morgan fingerprint density at radius 3 is 2.64 bits per heavy atom. The fourth-order valence-corrected chi connectivity index (χ4v) is 2.90. The van der Waals surface area contributed by atoms with E-state index in [4.69, 9.17) is 0 Å². The number of hydrogen-bond acceptors (Lipinski definition) is 3. The molecule has 1 atom stereocenters. The van der Waals surface area contributed by atoms with Crippen molar-refractivity contribution >= 4 is 17.6 Å². The Balaban J connectivity index is 1.91. The Morgan fingerprint density at radius 1 is 1.20 bits per heavy atom. The van der Waals surface area contributed by atoms with E-state index < -0.39 is 12.1 Å². The Morgan fingerprint density at radius 2 is 1.92 bits per heavy atom. The van der Waals surface area contributed by atoms with Crippen LogP contribution in [0, 0.1) is 6.92 Å². The van der Waals surface area contributed by atoms with Crippen LogP contribution >= 0.6 is 0 Å². The highest BCUT2D eigenvalue weighted by atomic mass is 16.2. The lowest BCUT2D eigenvalue weighted by Gasteiger charge is -2.35. The van der Waals surface area contributed by atoms with E-state index in [0.717, 1.165) is 5.56 Å². The summed E-state index contributed by atoms with van der Waals surface area (Å²) in [6.45, 7) is 2.50. The van der Waals surface area contributed by atoms with Crippen LogP contribution in [0.25, 0.3) is 0 Å². The van der Waals surface area contributed by atoms with Crippen LogP contribution in [0.1, 0.15) is 17.2 Å². The minimum Gasteiger partial charge on any atom is -0.352 e. The Labute approximate surface area is 145 Å². The lowest BCUT2D eigenvalue weighted by Crippen LogP contribution is -2.53. The minimum atomic E-state index is -0.720. The normalized spacial score (nSPS) is 17.1. The first-order valence-electron chi connectivity index (χ1n) is 8.05. The average molecular weight is 340 g/mol. The van der Waals surface area contributed by atoms with Gasteiger partial charge in [0.2, 0.25) is 5.91 Å². The van der Waals surface area contributed by atoms with E-state index in [1.54, 1.807) is 26.2 Å². The van der Waals surface area contributed by atoms with Gasteiger partial charge in [0.15, 0.2) is 0 Å². The second-order valence-electron chi connectivity index (χ2n) is 6.02. The predicted molar refractivity (Wildman–Crippen MR) is 94.3 cm³/mol. The number of hydrogen-bond donors (Lipinski definition) is 2. The van der Waals surface area contributed by atoms with Gasteiger partial charge in [-0.1, -0.05) is 30.3 Å². The van der Waals surface area contributed by atoms with Crippen molar-refractivity contribution in [2.24, 2.45) is 7.05 Å². The second-order valence-corrected chi connectivity index (χ2v) is 6.02. The Kier molecular flexibility index (Phi) is 4.56. The minimum absolute atomic E-state index is 0.229. The number of rotatable bonds is 2. The van der Waals surface area contributed by atoms with E-state index in [-0.39, 0.29) is 17.2 Å². The molecule has 1 saturated heterocycles. The lowest BCUT2D eigenvalue weighted by atomic mass is 10.0. The molecular weight excluding hydrogens is 320 g/mol. The third kappa shape index (κ3) is 3.26. The van der Waals surface area contributed by atoms with E-state index in [2.05, 4.69) is 10.6 Å². The molecule has 1 aromatic carbocycles. The van der Waals surface area contributed by atoms with Gasteiger partial charge in [-0.25, -0.2) is 4.79 Å². The summed E-state index contributed by atoms with van der Waals surface area (Å²) >= 11 is 0. The molecule has 25 heavy (non-hydrogen) atoms. The summed E-state index contributed by atoms with van der Waals surface area (Å²) < 4.78 is 1.40. The van der Waals surface area contributed by atoms with E-state index in [9.17, 15) is 14.4 Å². The molecule has 2 heterocycles. The molecule has 2 aromatic rings. The molecule has 0 saturated carbocycles. The number of carbonyl (C=O) groups is 2. The molecule has 0 spiro atoms. The second kappa shape index (κ2) is 6.80. The monoisotopic (exact) mass is 340 g/mol. The predicted octanol–water partition coefficient (Wildman–Crippen LogP) is 1.40. The number of aryl methyl sites for hydroxylation is 2. The van der Waals surface area contributed by atoms with Crippen LogP contribution in [0.3, 0.4) is 0 Å². The molecule has 1 fully saturated rings. The SMILES string of the molecule is Cc1ccn(C)c(=O)c1NC(=O)N1CCNC(=O)[C@@H]1c1ccccc1. The molecule has 130 valence electrons. The van der Waals surface area contributed by atoms with Crippen molar-refractivity contribution in [3.8, 4) is 0 Å². The van der Waals surface area contributed by atoms with Gasteiger partial charge < -0.3 is 20.1 Å². The number of piperazine rings is 1. The van der Waals surface area contributed by atoms with Crippen molar-refractivity contribution in [1.82, 2.24) is 14.8 Å². The molecule has 2 N–H and O–H groups in total. The molecule has 1 aromatic heterocycles. The van der Waals surface area contributed by atoms with Crippen LogP contribution in [-0.4, -0.2) is 34.5 Å². The maximum absolute atomic E-state index is 12.8. The third-order valence-electron chi connectivity index (χ3n) is 4.30. The number of benzene rings is 1. The molecular formula is C18H20N4O3. The van der Waals surface area contributed by atoms with E-state index in [1.807, 2.05) is 30.3 Å². The number of carbonyl (C=O) groups excluding carboxylic acids is 2. The van der Waals surface area contributed by atoms with Crippen molar-refractivity contribution < 1.29 is 9.59 Å². The molecule has 1 aliphatic heterocycles. The number of nitrogens with one attached hydrogen (secondary N) is 2. The van der Waals surface area contributed by atoms with Gasteiger partial charge in [-0.05, 0) is 24.1 Å². The molecule has 7 nitrogen and oxygen atoms in total. The first-order chi connectivity index (χ1) is 12.0. The largest absolute Gasteiger partial charge is 0.352 e. The molecule has 3 rings (SSSR count). The number of aromatic nitrogens is 1. The fourth-order valence-electron chi connectivity index (χ4n) is 2.90. The van der Waals surface area contributed by atoms with Crippen LogP contribution < -0.4 is 16.2 Å². The smallest absolute Gasteiger partial charge is 0.323 e. The van der Waals surface area contributed by atoms with Gasteiger partial charge in [-0.15, -0.1) is 0 Å². The average Bonchev–Trinajstić information content (AvgIpc) is 2.62. The quantitative estimate of drug-likeness (QED) is 0.867. The first-order valence-corrected chi connectivity index (χ1v) is 8.05. The zero-order valence-electron chi connectivity index (χ0n) is 14.2. The van der Waals surface area contributed by atoms with Crippen LogP contribution in [0.2, 0.25) is 0 Å². The molecule has 1 aliphatic rings. The highest BCUT2D eigenvalue weighted by Gasteiger charge is 2.34. The lowest BCUT2D eigenvalue weighted by molar-refractivity contribution is -0.127. The summed E-state index contributed by atoms with van der Waals surface area (Å²) in [5, 5.41) is 5.47. The summed E-state index contributed by atoms with van der Waals surface area (Å²) in [7, 11) is 1.62. The molecule has 0 bridgehead atoms. The number of pyridine rings is 1. The third-order valence-corrected chi connectivity index (χ3v) is 4.30. The molecule has 0 radical (unpaired) electrons. The fraction of sp³-hybridized carbons (Fsp3) is 0.278. The van der Waals surface area contributed by atoms with Crippen LogP contribution in [-0.2, 0) is 11.8 Å². The summed E-state index contributed by atoms with van der Waals surface area (Å²) in [4.78, 5) is 38.9. The molecule has 7 heteroatoms. The van der Waals surface area contributed by atoms with Crippen LogP contribution in [0.15, 0.2) is 47.4 Å². The molecule has 0 unspecified atom stereocenters. The van der Waals surface area contributed by atoms with E-state index in [1.165, 1.54) is 9.47 Å². The zero-order valence-corrected chi connectivity index (χ0v) is 14.2. The molecule has 0 aliphatic carbocycles. The topological polar surface area (TPSA) is 83.4 Å². The Hall–Kier alpha value is -3.09. The summed E-state index contributed by atoms with van der Waals surface area (Å²) in [6, 6.07) is 9.69. The highest BCUT2D eigenvalue weighted by Crippen LogP contribution is 2.24. The van der Waals surface area contributed by atoms with Gasteiger partial charge in [-0.3, -0.25) is 9.59 Å². The standard InChI is InChI=1S/C18H20N4O3/c1-12-8-10-21(2)17(24)14(12)20-18(25)22-11-9-19-16(23)15(22)13-6-4-3-5-7-13/h3-8,10,15H,9,11H2,1-2H3,(H,19,23)(H,20,25)/t15-/m0/s1. The summed E-state index contributed by atoms with van der Waals surface area (Å²) in [5.74, 6) is -0.231. The van der Waals surface area contributed by atoms with Gasteiger partial charge in [0.05, 0.1) is 0 Å². The first kappa shape index (κ1) is 16.8. The van der Waals surface area contributed by atoms with Gasteiger partial charge in [0.25, 0.3) is 5.56 Å². The van der Waals surface area contributed by atoms with Crippen molar-refractivity contribution in [2.75, 3.05) is 18.4 Å². The van der Waals surface area contributed by atoms with Gasteiger partial charge in [0.1, 0.15) is 11.7 Å². The van der Waals surface area contributed by atoms with Crippen molar-refractivity contribution in [3.05, 3.63) is 64.1 Å². The van der Waals surface area contributed by atoms with Crippen LogP contribution in [0.4, 0.5) is 10.5 Å². The number of nitrogens with zero attached hydrogens (tertiary/aromatic N) is 2. The maximum Gasteiger partial charge on any atom is 0.323 e. The molecule has 3 amide bonds. The van der Waals surface area contributed by atoms with Gasteiger partial charge >= 0.3 is 6.03 Å². The highest BCUT2D eigenvalue weighted by molar-refractivity contribution is 5.95. The van der Waals surface area contributed by atoms with E-state index >= 15 is 0 Å².